The molecule has 0 aliphatic carbocycles. The third-order valence-corrected chi connectivity index (χ3v) is 5.15. The summed E-state index contributed by atoms with van der Waals surface area (Å²) in [5.74, 6) is 1.07. The smallest absolute Gasteiger partial charge is 0.407 e. The summed E-state index contributed by atoms with van der Waals surface area (Å²) in [4.78, 5) is 16.2. The Bertz CT molecular complexity index is 1090. The molecule has 0 fully saturated rings. The zero-order chi connectivity index (χ0) is 20.9. The number of carbonyl (C=O) groups excluding carboxylic acids is 1. The Balaban J connectivity index is 1.25. The van der Waals surface area contributed by atoms with E-state index in [-0.39, 0.29) is 12.6 Å². The van der Waals surface area contributed by atoms with Crippen LogP contribution in [0.4, 0.5) is 10.7 Å². The lowest BCUT2D eigenvalue weighted by Gasteiger charge is -2.26. The Kier molecular flexibility index (Phi) is 5.70. The van der Waals surface area contributed by atoms with Crippen molar-refractivity contribution in [2.24, 2.45) is 0 Å². The third-order valence-electron chi connectivity index (χ3n) is 5.15. The standard InChI is InChI=1S/C22H23N5O3/c23-12-16-10-18-20-19(11-16)29-14-17(27(20)21(24)26-18)8-4-5-9-25-22(28)30-13-15-6-2-1-3-7-15/h1-3,6-7,10-11,17H,4-5,8-9,13-14H2,(H2,24,26)(H,25,28)/t17-/m0/s1. The van der Waals surface area contributed by atoms with E-state index in [1.54, 1.807) is 12.1 Å². The van der Waals surface area contributed by atoms with E-state index >= 15 is 0 Å². The zero-order valence-electron chi connectivity index (χ0n) is 16.5. The van der Waals surface area contributed by atoms with Gasteiger partial charge in [0.1, 0.15) is 24.5 Å². The lowest BCUT2D eigenvalue weighted by molar-refractivity contribution is 0.139. The Morgan fingerprint density at radius 1 is 1.33 bits per heavy atom. The lowest BCUT2D eigenvalue weighted by Crippen LogP contribution is -2.26. The van der Waals surface area contributed by atoms with Crippen LogP contribution in [0.3, 0.4) is 0 Å². The van der Waals surface area contributed by atoms with Gasteiger partial charge in [0.2, 0.25) is 5.95 Å². The SMILES string of the molecule is N#Cc1cc2c3c(c1)nc(N)n3[C@@H](CCCCNC(=O)OCc1ccccc1)CO2. The number of rotatable bonds is 7. The number of anilines is 1. The van der Waals surface area contributed by atoms with Gasteiger partial charge in [-0.2, -0.15) is 5.26 Å². The van der Waals surface area contributed by atoms with E-state index < -0.39 is 6.09 Å². The van der Waals surface area contributed by atoms with Crippen LogP contribution in [0.15, 0.2) is 42.5 Å². The fourth-order valence-electron chi connectivity index (χ4n) is 3.70. The predicted octanol–water partition coefficient (Wildman–Crippen LogP) is 3.52. The number of aromatic nitrogens is 2. The highest BCUT2D eigenvalue weighted by molar-refractivity contribution is 5.86. The number of nitrogens with one attached hydrogen (secondary N) is 1. The summed E-state index contributed by atoms with van der Waals surface area (Å²) in [5.41, 5.74) is 9.11. The molecule has 0 unspecified atom stereocenters. The monoisotopic (exact) mass is 405 g/mol. The molecule has 2 aromatic carbocycles. The van der Waals surface area contributed by atoms with Crippen molar-refractivity contribution in [3.63, 3.8) is 0 Å². The number of benzene rings is 2. The zero-order valence-corrected chi connectivity index (χ0v) is 16.5. The number of carbonyl (C=O) groups is 1. The number of nitrogen functional groups attached to an aromatic ring is 1. The summed E-state index contributed by atoms with van der Waals surface area (Å²) >= 11 is 0. The first-order valence-electron chi connectivity index (χ1n) is 9.94. The average molecular weight is 405 g/mol. The van der Waals surface area contributed by atoms with E-state index in [1.807, 2.05) is 34.9 Å². The third kappa shape index (κ3) is 4.15. The molecule has 1 aliphatic heterocycles. The lowest BCUT2D eigenvalue weighted by atomic mass is 10.1. The van der Waals surface area contributed by atoms with Gasteiger partial charge in [-0.05, 0) is 30.9 Å². The molecule has 0 spiro atoms. The summed E-state index contributed by atoms with van der Waals surface area (Å²) in [5, 5.41) is 11.9. The number of hydrogen-bond donors (Lipinski definition) is 2. The normalized spacial score (nSPS) is 14.7. The number of hydrogen-bond acceptors (Lipinski definition) is 6. The number of amides is 1. The summed E-state index contributed by atoms with van der Waals surface area (Å²) in [6, 6.07) is 15.2. The number of unbranched alkanes of at least 4 members (excludes halogenated alkanes) is 1. The molecule has 1 amide bonds. The van der Waals surface area contributed by atoms with Crippen molar-refractivity contribution in [2.75, 3.05) is 18.9 Å². The van der Waals surface area contributed by atoms with Crippen LogP contribution in [-0.4, -0.2) is 28.8 Å². The molecule has 1 atom stereocenters. The number of imidazole rings is 1. The molecule has 0 bridgehead atoms. The van der Waals surface area contributed by atoms with Crippen LogP contribution in [-0.2, 0) is 11.3 Å². The van der Waals surface area contributed by atoms with E-state index in [4.69, 9.17) is 20.5 Å². The van der Waals surface area contributed by atoms with Gasteiger partial charge < -0.3 is 25.1 Å². The van der Waals surface area contributed by atoms with Crippen molar-refractivity contribution >= 4 is 23.1 Å². The molecular weight excluding hydrogens is 382 g/mol. The molecule has 1 aromatic heterocycles. The van der Waals surface area contributed by atoms with Gasteiger partial charge in [-0.1, -0.05) is 30.3 Å². The predicted molar refractivity (Wildman–Crippen MR) is 112 cm³/mol. The first-order valence-corrected chi connectivity index (χ1v) is 9.94. The van der Waals surface area contributed by atoms with Gasteiger partial charge in [-0.3, -0.25) is 0 Å². The van der Waals surface area contributed by atoms with Gasteiger partial charge >= 0.3 is 6.09 Å². The molecule has 3 N–H and O–H groups in total. The van der Waals surface area contributed by atoms with E-state index in [1.165, 1.54) is 0 Å². The minimum atomic E-state index is -0.414. The molecule has 30 heavy (non-hydrogen) atoms. The molecule has 0 saturated heterocycles. The van der Waals surface area contributed by atoms with E-state index in [0.29, 0.717) is 35.9 Å². The molecular formula is C22H23N5O3. The van der Waals surface area contributed by atoms with Crippen molar-refractivity contribution in [3.8, 4) is 11.8 Å². The maximum Gasteiger partial charge on any atom is 0.407 e. The van der Waals surface area contributed by atoms with Gasteiger partial charge in [-0.15, -0.1) is 0 Å². The number of nitrogens with two attached hydrogens (primary N) is 1. The molecule has 154 valence electrons. The van der Waals surface area contributed by atoms with Gasteiger partial charge in [0.05, 0.1) is 23.2 Å². The highest BCUT2D eigenvalue weighted by Crippen LogP contribution is 2.37. The average Bonchev–Trinajstić information content (AvgIpc) is 3.11. The molecule has 4 rings (SSSR count). The van der Waals surface area contributed by atoms with Gasteiger partial charge in [0.25, 0.3) is 0 Å². The Morgan fingerprint density at radius 3 is 2.97 bits per heavy atom. The van der Waals surface area contributed by atoms with Crippen molar-refractivity contribution in [1.29, 1.82) is 5.26 Å². The summed E-state index contributed by atoms with van der Waals surface area (Å²) < 4.78 is 13.1. The first-order chi connectivity index (χ1) is 14.7. The Morgan fingerprint density at radius 2 is 2.17 bits per heavy atom. The van der Waals surface area contributed by atoms with Gasteiger partial charge in [0.15, 0.2) is 0 Å². The number of nitrogens with zero attached hydrogens (tertiary/aromatic N) is 3. The Labute approximate surface area is 174 Å². The summed E-state index contributed by atoms with van der Waals surface area (Å²) in [6.07, 6.45) is 2.13. The molecule has 1 aliphatic rings. The maximum atomic E-state index is 11.8. The van der Waals surface area contributed by atoms with E-state index in [9.17, 15) is 4.79 Å². The largest absolute Gasteiger partial charge is 0.489 e. The molecule has 0 radical (unpaired) electrons. The van der Waals surface area contributed by atoms with Crippen LogP contribution < -0.4 is 15.8 Å². The molecule has 2 heterocycles. The number of alkyl carbamates (subject to hydrolysis) is 1. The van der Waals surface area contributed by atoms with Crippen LogP contribution in [0.2, 0.25) is 0 Å². The molecule has 3 aromatic rings. The number of ether oxygens (including phenoxy) is 2. The maximum absolute atomic E-state index is 11.8. The molecule has 8 nitrogen and oxygen atoms in total. The van der Waals surface area contributed by atoms with Crippen molar-refractivity contribution < 1.29 is 14.3 Å². The summed E-state index contributed by atoms with van der Waals surface area (Å²) in [7, 11) is 0. The van der Waals surface area contributed by atoms with Gasteiger partial charge in [-0.25, -0.2) is 9.78 Å². The van der Waals surface area contributed by atoms with E-state index in [0.717, 1.165) is 30.3 Å². The van der Waals surface area contributed by atoms with Crippen LogP contribution in [0.25, 0.3) is 11.0 Å². The molecule has 8 heteroatoms. The second-order valence-electron chi connectivity index (χ2n) is 7.24. The topological polar surface area (TPSA) is 115 Å². The van der Waals surface area contributed by atoms with E-state index in [2.05, 4.69) is 16.4 Å². The van der Waals surface area contributed by atoms with Crippen LogP contribution in [0.5, 0.6) is 5.75 Å². The van der Waals surface area contributed by atoms with Crippen LogP contribution in [0.1, 0.15) is 36.4 Å². The minimum Gasteiger partial charge on any atom is -0.489 e. The second kappa shape index (κ2) is 8.74. The number of nitriles is 1. The second-order valence-corrected chi connectivity index (χ2v) is 7.24. The van der Waals surface area contributed by atoms with Crippen molar-refractivity contribution in [3.05, 3.63) is 53.6 Å². The quantitative estimate of drug-likeness (QED) is 0.581. The minimum absolute atomic E-state index is 0.0699. The highest BCUT2D eigenvalue weighted by Gasteiger charge is 2.26. The Hall–Kier alpha value is -3.73. The first kappa shape index (κ1) is 19.6. The van der Waals surface area contributed by atoms with Crippen molar-refractivity contribution in [1.82, 2.24) is 14.9 Å². The highest BCUT2D eigenvalue weighted by atomic mass is 16.5. The van der Waals surface area contributed by atoms with Crippen molar-refractivity contribution in [2.45, 2.75) is 31.9 Å². The summed E-state index contributed by atoms with van der Waals surface area (Å²) in [6.45, 7) is 1.27. The fraction of sp³-hybridized carbons (Fsp3) is 0.318. The fourth-order valence-corrected chi connectivity index (χ4v) is 3.70. The van der Waals surface area contributed by atoms with Crippen LogP contribution >= 0.6 is 0 Å². The van der Waals surface area contributed by atoms with Gasteiger partial charge in [0, 0.05) is 12.6 Å². The molecule has 0 saturated carbocycles. The van der Waals surface area contributed by atoms with Crippen LogP contribution in [0, 0.1) is 11.3 Å².